The van der Waals surface area contributed by atoms with Crippen LogP contribution < -0.4 is 0 Å². The Morgan fingerprint density at radius 1 is 0.864 bits per heavy atom. The van der Waals surface area contributed by atoms with Crippen molar-refractivity contribution in [2.75, 3.05) is 0 Å². The van der Waals surface area contributed by atoms with Gasteiger partial charge in [0, 0.05) is 0 Å². The van der Waals surface area contributed by atoms with Crippen molar-refractivity contribution in [1.29, 1.82) is 0 Å². The Kier molecular flexibility index (Phi) is 7.90. The summed E-state index contributed by atoms with van der Waals surface area (Å²) in [5.41, 5.74) is 3.00. The summed E-state index contributed by atoms with van der Waals surface area (Å²) in [6.45, 7) is 14.1. The van der Waals surface area contributed by atoms with Crippen LogP contribution >= 0.6 is 0 Å². The van der Waals surface area contributed by atoms with E-state index in [9.17, 15) is 0 Å². The van der Waals surface area contributed by atoms with Gasteiger partial charge < -0.3 is 0 Å². The number of hydrogen-bond donors (Lipinski definition) is 0. The van der Waals surface area contributed by atoms with Crippen molar-refractivity contribution in [3.63, 3.8) is 0 Å². The van der Waals surface area contributed by atoms with E-state index < -0.39 is 0 Å². The van der Waals surface area contributed by atoms with Crippen molar-refractivity contribution in [2.45, 2.75) is 75.4 Å². The molecule has 0 amide bonds. The van der Waals surface area contributed by atoms with Crippen LogP contribution in [0.4, 0.5) is 0 Å². The standard InChI is InChI=1S/C20H32.2Li/c1-7-15(3)12-17(5)19-10-9-11-20(14-19)18(6)13-16(4)8-2;;/h9-11,14-16H,7-8,12-13H2,1-6H3;;. The van der Waals surface area contributed by atoms with Gasteiger partial charge in [0.05, 0.1) is 0 Å². The third kappa shape index (κ3) is 5.80. The van der Waals surface area contributed by atoms with Gasteiger partial charge in [0.1, 0.15) is 0 Å². The zero-order valence-electron chi connectivity index (χ0n) is 16.3. The van der Waals surface area contributed by atoms with E-state index in [1.54, 1.807) is 0 Å². The fourth-order valence-corrected chi connectivity index (χ4v) is 3.63. The molecule has 0 nitrogen and oxygen atoms in total. The first kappa shape index (κ1) is 20.5. The summed E-state index contributed by atoms with van der Waals surface area (Å²) in [7, 11) is 0. The van der Waals surface area contributed by atoms with Crippen molar-refractivity contribution < 1.29 is 0 Å². The fourth-order valence-electron chi connectivity index (χ4n) is 3.63. The predicted octanol–water partition coefficient (Wildman–Crippen LogP) is 5.33. The molecular formula is C20H32Li2. The molecule has 4 unspecified atom stereocenters. The molecule has 0 heterocycles. The Morgan fingerprint density at radius 3 is 1.55 bits per heavy atom. The van der Waals surface area contributed by atoms with E-state index in [1.165, 1.54) is 36.8 Å². The summed E-state index contributed by atoms with van der Waals surface area (Å²) in [6.07, 6.45) is 5.06. The zero-order valence-corrected chi connectivity index (χ0v) is 16.3. The molecule has 1 aromatic rings. The Balaban J connectivity index is 3.03. The molecule has 0 aromatic heterocycles. The van der Waals surface area contributed by atoms with Crippen molar-refractivity contribution >= 4 is 35.4 Å². The summed E-state index contributed by atoms with van der Waals surface area (Å²) in [6, 6.07) is 9.39. The number of hydrogen-bond acceptors (Lipinski definition) is 0. The zero-order chi connectivity index (χ0) is 17.0. The van der Waals surface area contributed by atoms with Crippen LogP contribution in [0.3, 0.4) is 0 Å². The minimum absolute atomic E-state index is 0.262. The summed E-state index contributed by atoms with van der Waals surface area (Å²) < 4.78 is 0.524. The van der Waals surface area contributed by atoms with Gasteiger partial charge in [0.25, 0.3) is 0 Å². The van der Waals surface area contributed by atoms with Crippen LogP contribution in [-0.2, 0) is 8.18 Å². The summed E-state index contributed by atoms with van der Waals surface area (Å²) in [5.74, 6) is 1.57. The first-order valence-corrected chi connectivity index (χ1v) is 9.23. The molecule has 0 saturated heterocycles. The summed E-state index contributed by atoms with van der Waals surface area (Å²) in [5, 5.41) is 0. The molecule has 1 rings (SSSR count). The molecule has 2 heteroatoms. The molecule has 0 radical (unpaired) electrons. The molecule has 0 spiro atoms. The topological polar surface area (TPSA) is 0 Å². The molecule has 0 fully saturated rings. The van der Waals surface area contributed by atoms with Crippen LogP contribution in [0, 0.1) is 11.8 Å². The van der Waals surface area contributed by atoms with Gasteiger partial charge in [-0.1, -0.05) is 0 Å². The molecule has 0 N–H and O–H groups in total. The van der Waals surface area contributed by atoms with Crippen LogP contribution in [0.2, 0.25) is 0 Å². The minimum atomic E-state index is 0.262. The molecule has 4 atom stereocenters. The maximum atomic E-state index is 2.48. The molecular weight excluding hydrogens is 254 g/mol. The monoisotopic (exact) mass is 286 g/mol. The summed E-state index contributed by atoms with van der Waals surface area (Å²) in [4.78, 5) is 0. The van der Waals surface area contributed by atoms with Gasteiger partial charge in [-0.05, 0) is 0 Å². The average molecular weight is 286 g/mol. The number of rotatable bonds is 8. The molecule has 0 saturated carbocycles. The van der Waals surface area contributed by atoms with Crippen LogP contribution in [0.15, 0.2) is 24.3 Å². The van der Waals surface area contributed by atoms with E-state index in [4.69, 9.17) is 0 Å². The van der Waals surface area contributed by atoms with Crippen molar-refractivity contribution in [3.8, 4) is 0 Å². The Labute approximate surface area is 157 Å². The van der Waals surface area contributed by atoms with Crippen LogP contribution in [0.1, 0.15) is 78.4 Å². The van der Waals surface area contributed by atoms with Gasteiger partial charge in [-0.15, -0.1) is 0 Å². The van der Waals surface area contributed by atoms with E-state index in [-0.39, 0.29) is 8.18 Å². The van der Waals surface area contributed by atoms with Crippen molar-refractivity contribution in [2.24, 2.45) is 11.8 Å². The molecule has 22 heavy (non-hydrogen) atoms. The van der Waals surface area contributed by atoms with Crippen molar-refractivity contribution in [1.82, 2.24) is 0 Å². The normalized spacial score (nSPS) is 20.1. The second kappa shape index (κ2) is 8.49. The second-order valence-electron chi connectivity index (χ2n) is 8.78. The Morgan fingerprint density at radius 2 is 1.23 bits per heavy atom. The SMILES string of the molecule is [Li][C](C)(CC(C)CC)c1cccc([C]([Li])(C)CC(C)CC)c1. The van der Waals surface area contributed by atoms with E-state index >= 15 is 0 Å². The Hall–Kier alpha value is 0.415. The third-order valence-corrected chi connectivity index (χ3v) is 5.54. The Bertz CT molecular complexity index is 423. The van der Waals surface area contributed by atoms with E-state index in [2.05, 4.69) is 101 Å². The molecule has 0 aliphatic rings. The van der Waals surface area contributed by atoms with Crippen LogP contribution in [0.25, 0.3) is 0 Å². The van der Waals surface area contributed by atoms with Gasteiger partial charge in [-0.3, -0.25) is 0 Å². The van der Waals surface area contributed by atoms with E-state index in [0.717, 1.165) is 11.8 Å². The first-order valence-electron chi connectivity index (χ1n) is 9.23. The maximum absolute atomic E-state index is 2.48. The van der Waals surface area contributed by atoms with Gasteiger partial charge >= 0.3 is 158 Å². The molecule has 0 aliphatic heterocycles. The fraction of sp³-hybridized carbons (Fsp3) is 0.700. The number of benzene rings is 1. The van der Waals surface area contributed by atoms with Gasteiger partial charge in [0.15, 0.2) is 0 Å². The quantitative estimate of drug-likeness (QED) is 0.567. The average Bonchev–Trinajstić information content (AvgIpc) is 2.46. The van der Waals surface area contributed by atoms with Crippen LogP contribution in [-0.4, -0.2) is 35.4 Å². The van der Waals surface area contributed by atoms with Crippen molar-refractivity contribution in [3.05, 3.63) is 35.4 Å². The molecule has 0 aliphatic carbocycles. The molecule has 0 bridgehead atoms. The third-order valence-electron chi connectivity index (χ3n) is 5.54. The van der Waals surface area contributed by atoms with E-state index in [0.29, 0.717) is 0 Å². The van der Waals surface area contributed by atoms with Crippen LogP contribution in [0.5, 0.6) is 0 Å². The molecule has 114 valence electrons. The van der Waals surface area contributed by atoms with Gasteiger partial charge in [-0.25, -0.2) is 0 Å². The predicted molar refractivity (Wildman–Crippen MR) is 101 cm³/mol. The van der Waals surface area contributed by atoms with E-state index in [1.807, 2.05) is 0 Å². The van der Waals surface area contributed by atoms with Gasteiger partial charge in [0.2, 0.25) is 0 Å². The van der Waals surface area contributed by atoms with Gasteiger partial charge in [-0.2, -0.15) is 0 Å². The summed E-state index contributed by atoms with van der Waals surface area (Å²) >= 11 is 4.81. The molecule has 1 aromatic carbocycles. The first-order chi connectivity index (χ1) is 10.1. The second-order valence-corrected chi connectivity index (χ2v) is 8.78.